The molecule has 0 saturated carbocycles. The van der Waals surface area contributed by atoms with Crippen LogP contribution in [0, 0.1) is 6.92 Å². The van der Waals surface area contributed by atoms with E-state index in [1.807, 2.05) is 36.6 Å². The molecule has 0 aliphatic heterocycles. The minimum Gasteiger partial charge on any atom is -0.477 e. The lowest BCUT2D eigenvalue weighted by Crippen LogP contribution is -1.95. The molecule has 0 saturated heterocycles. The first-order valence-electron chi connectivity index (χ1n) is 5.27. The SMILES string of the molecule is CSc1sc(C(=O)O)c(C)c1Oc1ccccc1. The molecule has 0 bridgehead atoms. The van der Waals surface area contributed by atoms with Crippen LogP contribution in [-0.4, -0.2) is 17.3 Å². The van der Waals surface area contributed by atoms with Crippen molar-refractivity contribution in [3.63, 3.8) is 0 Å². The Kier molecular flexibility index (Phi) is 3.93. The molecule has 18 heavy (non-hydrogen) atoms. The molecule has 0 spiro atoms. The minimum atomic E-state index is -0.907. The van der Waals surface area contributed by atoms with Gasteiger partial charge < -0.3 is 9.84 Å². The van der Waals surface area contributed by atoms with Gasteiger partial charge in [0.1, 0.15) is 14.8 Å². The molecule has 0 radical (unpaired) electrons. The second-order valence-corrected chi connectivity index (χ2v) is 5.69. The van der Waals surface area contributed by atoms with Gasteiger partial charge >= 0.3 is 5.97 Å². The van der Waals surface area contributed by atoms with Crippen molar-refractivity contribution in [1.82, 2.24) is 0 Å². The monoisotopic (exact) mass is 280 g/mol. The zero-order valence-corrected chi connectivity index (χ0v) is 11.6. The molecule has 0 atom stereocenters. The van der Waals surface area contributed by atoms with Gasteiger partial charge in [-0.25, -0.2) is 4.79 Å². The molecular weight excluding hydrogens is 268 g/mol. The Morgan fingerprint density at radius 1 is 1.33 bits per heavy atom. The average molecular weight is 280 g/mol. The summed E-state index contributed by atoms with van der Waals surface area (Å²) in [5.74, 6) is 0.456. The van der Waals surface area contributed by atoms with Crippen LogP contribution >= 0.6 is 23.1 Å². The molecule has 0 amide bonds. The van der Waals surface area contributed by atoms with E-state index in [2.05, 4.69) is 0 Å². The van der Waals surface area contributed by atoms with E-state index in [9.17, 15) is 4.79 Å². The lowest BCUT2D eigenvalue weighted by molar-refractivity contribution is 0.0701. The topological polar surface area (TPSA) is 46.5 Å². The maximum absolute atomic E-state index is 11.1. The highest BCUT2D eigenvalue weighted by Crippen LogP contribution is 2.42. The van der Waals surface area contributed by atoms with Crippen molar-refractivity contribution in [3.05, 3.63) is 40.8 Å². The molecule has 0 aliphatic carbocycles. The Bertz CT molecular complexity index is 561. The lowest BCUT2D eigenvalue weighted by Gasteiger charge is -2.06. The number of hydrogen-bond acceptors (Lipinski definition) is 4. The van der Waals surface area contributed by atoms with Gasteiger partial charge in [-0.1, -0.05) is 18.2 Å². The summed E-state index contributed by atoms with van der Waals surface area (Å²) in [5.41, 5.74) is 0.681. The van der Waals surface area contributed by atoms with E-state index in [4.69, 9.17) is 9.84 Å². The molecule has 1 aromatic heterocycles. The largest absolute Gasteiger partial charge is 0.477 e. The summed E-state index contributed by atoms with van der Waals surface area (Å²) < 4.78 is 6.67. The quantitative estimate of drug-likeness (QED) is 0.850. The number of carboxylic acid groups (broad SMARTS) is 1. The standard InChI is InChI=1S/C13H12O3S2/c1-8-10(16-9-6-4-3-5-7-9)13(17-2)18-11(8)12(14)15/h3-7H,1-2H3,(H,14,15). The molecule has 3 nitrogen and oxygen atoms in total. The zero-order valence-electron chi connectivity index (χ0n) is 9.97. The number of ether oxygens (including phenoxy) is 1. The third-order valence-electron chi connectivity index (χ3n) is 2.40. The molecule has 0 unspecified atom stereocenters. The summed E-state index contributed by atoms with van der Waals surface area (Å²) in [5, 5.41) is 9.11. The number of rotatable bonds is 4. The highest BCUT2D eigenvalue weighted by molar-refractivity contribution is 8.00. The van der Waals surface area contributed by atoms with Crippen LogP contribution in [-0.2, 0) is 0 Å². The number of carboxylic acids is 1. The van der Waals surface area contributed by atoms with Crippen molar-refractivity contribution in [1.29, 1.82) is 0 Å². The number of thioether (sulfide) groups is 1. The van der Waals surface area contributed by atoms with Crippen LogP contribution in [0.5, 0.6) is 11.5 Å². The number of thiophene rings is 1. The summed E-state index contributed by atoms with van der Waals surface area (Å²) >= 11 is 2.75. The van der Waals surface area contributed by atoms with Crippen LogP contribution in [0.15, 0.2) is 34.5 Å². The average Bonchev–Trinajstić information content (AvgIpc) is 2.68. The van der Waals surface area contributed by atoms with Crippen molar-refractivity contribution in [2.24, 2.45) is 0 Å². The fourth-order valence-corrected chi connectivity index (χ4v) is 3.30. The molecule has 0 fully saturated rings. The van der Waals surface area contributed by atoms with Gasteiger partial charge in [-0.15, -0.1) is 23.1 Å². The first-order chi connectivity index (χ1) is 8.63. The van der Waals surface area contributed by atoms with Crippen LogP contribution in [0.25, 0.3) is 0 Å². The van der Waals surface area contributed by atoms with Crippen LogP contribution in [0.2, 0.25) is 0 Å². The van der Waals surface area contributed by atoms with Gasteiger partial charge in [0.2, 0.25) is 0 Å². The number of benzene rings is 1. The molecular formula is C13H12O3S2. The van der Waals surface area contributed by atoms with E-state index in [0.29, 0.717) is 21.9 Å². The van der Waals surface area contributed by atoms with Gasteiger partial charge in [-0.3, -0.25) is 0 Å². The molecule has 94 valence electrons. The fourth-order valence-electron chi connectivity index (χ4n) is 1.53. The Balaban J connectivity index is 2.41. The smallest absolute Gasteiger partial charge is 0.346 e. The second kappa shape index (κ2) is 5.46. The fraction of sp³-hybridized carbons (Fsp3) is 0.154. The molecule has 1 heterocycles. The van der Waals surface area contributed by atoms with E-state index in [-0.39, 0.29) is 0 Å². The third-order valence-corrected chi connectivity index (χ3v) is 4.77. The summed E-state index contributed by atoms with van der Waals surface area (Å²) in [4.78, 5) is 11.4. The van der Waals surface area contributed by atoms with Crippen LogP contribution in [0.3, 0.4) is 0 Å². The Hall–Kier alpha value is -1.46. The third kappa shape index (κ3) is 2.52. The summed E-state index contributed by atoms with van der Waals surface area (Å²) in [6.45, 7) is 1.78. The van der Waals surface area contributed by atoms with E-state index in [1.54, 1.807) is 6.92 Å². The lowest BCUT2D eigenvalue weighted by atomic mass is 10.2. The highest BCUT2D eigenvalue weighted by Gasteiger charge is 2.20. The predicted molar refractivity (Wildman–Crippen MR) is 74.3 cm³/mol. The van der Waals surface area contributed by atoms with Crippen molar-refractivity contribution >= 4 is 29.1 Å². The number of aromatic carboxylic acids is 1. The second-order valence-electron chi connectivity index (χ2n) is 3.60. The molecule has 0 aliphatic rings. The Morgan fingerprint density at radius 2 is 2.00 bits per heavy atom. The van der Waals surface area contributed by atoms with E-state index < -0.39 is 5.97 Å². The Labute approximate surface area is 113 Å². The van der Waals surface area contributed by atoms with Crippen LogP contribution < -0.4 is 4.74 Å². The summed E-state index contributed by atoms with van der Waals surface area (Å²) in [6.07, 6.45) is 1.91. The molecule has 5 heteroatoms. The van der Waals surface area contributed by atoms with E-state index >= 15 is 0 Å². The number of hydrogen-bond donors (Lipinski definition) is 1. The summed E-state index contributed by atoms with van der Waals surface area (Å²) in [7, 11) is 0. The van der Waals surface area contributed by atoms with E-state index in [1.165, 1.54) is 23.1 Å². The van der Waals surface area contributed by atoms with Crippen molar-refractivity contribution in [2.45, 2.75) is 11.1 Å². The number of carbonyl (C=O) groups is 1. The van der Waals surface area contributed by atoms with Gasteiger partial charge in [-0.2, -0.15) is 0 Å². The van der Waals surface area contributed by atoms with E-state index in [0.717, 1.165) is 4.21 Å². The zero-order chi connectivity index (χ0) is 13.1. The molecule has 2 rings (SSSR count). The summed E-state index contributed by atoms with van der Waals surface area (Å²) in [6, 6.07) is 9.37. The first kappa shape index (κ1) is 13.0. The van der Waals surface area contributed by atoms with Gasteiger partial charge in [-0.05, 0) is 25.3 Å². The van der Waals surface area contributed by atoms with Crippen LogP contribution in [0.1, 0.15) is 15.2 Å². The molecule has 1 N–H and O–H groups in total. The highest BCUT2D eigenvalue weighted by atomic mass is 32.2. The number of para-hydroxylation sites is 1. The van der Waals surface area contributed by atoms with Gasteiger partial charge in [0.25, 0.3) is 0 Å². The minimum absolute atomic E-state index is 0.338. The maximum atomic E-state index is 11.1. The Morgan fingerprint density at radius 3 is 2.56 bits per heavy atom. The van der Waals surface area contributed by atoms with Gasteiger partial charge in [0, 0.05) is 5.56 Å². The molecule has 1 aromatic carbocycles. The predicted octanol–water partition coefficient (Wildman–Crippen LogP) is 4.27. The van der Waals surface area contributed by atoms with Crippen molar-refractivity contribution < 1.29 is 14.6 Å². The van der Waals surface area contributed by atoms with Gasteiger partial charge in [0.05, 0.1) is 0 Å². The van der Waals surface area contributed by atoms with Crippen molar-refractivity contribution in [2.75, 3.05) is 6.26 Å². The maximum Gasteiger partial charge on any atom is 0.346 e. The van der Waals surface area contributed by atoms with Crippen LogP contribution in [0.4, 0.5) is 0 Å². The first-order valence-corrected chi connectivity index (χ1v) is 7.31. The molecule has 2 aromatic rings. The van der Waals surface area contributed by atoms with Crippen molar-refractivity contribution in [3.8, 4) is 11.5 Å². The van der Waals surface area contributed by atoms with Gasteiger partial charge in [0.15, 0.2) is 5.75 Å². The normalized spacial score (nSPS) is 10.3.